The van der Waals surface area contributed by atoms with E-state index in [1.54, 1.807) is 18.2 Å². The van der Waals surface area contributed by atoms with Crippen LogP contribution in [0, 0.1) is 5.92 Å². The summed E-state index contributed by atoms with van der Waals surface area (Å²) in [5.74, 6) is 1.21. The summed E-state index contributed by atoms with van der Waals surface area (Å²) < 4.78 is 11.5. The van der Waals surface area contributed by atoms with Gasteiger partial charge in [0, 0.05) is 24.2 Å². The Morgan fingerprint density at radius 3 is 2.89 bits per heavy atom. The fourth-order valence-corrected chi connectivity index (χ4v) is 3.46. The Morgan fingerprint density at radius 2 is 2.11 bits per heavy atom. The summed E-state index contributed by atoms with van der Waals surface area (Å²) in [4.78, 5) is 0. The molecule has 0 saturated carbocycles. The molecular formula is C20H22BN3O4. The summed E-state index contributed by atoms with van der Waals surface area (Å²) in [6, 6.07) is 10.8. The number of benzene rings is 2. The highest BCUT2D eigenvalue weighted by Crippen LogP contribution is 2.32. The summed E-state index contributed by atoms with van der Waals surface area (Å²) in [5.41, 5.74) is 9.19. The maximum absolute atomic E-state index is 9.58. The van der Waals surface area contributed by atoms with E-state index in [0.29, 0.717) is 34.9 Å². The lowest BCUT2D eigenvalue weighted by molar-refractivity contribution is 0.178. The number of nitrogens with two attached hydrogens (primary N) is 1. The molecule has 1 fully saturated rings. The Balaban J connectivity index is 1.65. The van der Waals surface area contributed by atoms with E-state index in [9.17, 15) is 10.0 Å². The number of nitrogens with zero attached hydrogens (tertiary/aromatic N) is 2. The van der Waals surface area contributed by atoms with Crippen LogP contribution < -0.4 is 15.9 Å². The first-order chi connectivity index (χ1) is 13.6. The van der Waals surface area contributed by atoms with Gasteiger partial charge in [0.15, 0.2) is 0 Å². The predicted octanol–water partition coefficient (Wildman–Crippen LogP) is 1.36. The SMILES string of the molecule is Nc1cnnc2cc(-c3cc(B(O)O)ccc3OCCC3CCOC3)ccc12. The van der Waals surface area contributed by atoms with Gasteiger partial charge in [0.1, 0.15) is 5.75 Å². The van der Waals surface area contributed by atoms with Crippen molar-refractivity contribution in [1.82, 2.24) is 10.2 Å². The second-order valence-electron chi connectivity index (χ2n) is 7.03. The van der Waals surface area contributed by atoms with Gasteiger partial charge >= 0.3 is 7.12 Å². The van der Waals surface area contributed by atoms with Crippen LogP contribution in [0.5, 0.6) is 5.75 Å². The van der Waals surface area contributed by atoms with Crippen LogP contribution in [0.3, 0.4) is 0 Å². The number of hydrogen-bond donors (Lipinski definition) is 3. The second-order valence-corrected chi connectivity index (χ2v) is 7.03. The second kappa shape index (κ2) is 8.14. The summed E-state index contributed by atoms with van der Waals surface area (Å²) in [5, 5.41) is 28.0. The number of nitrogen functional groups attached to an aromatic ring is 1. The highest BCUT2D eigenvalue weighted by atomic mass is 16.5. The molecule has 4 rings (SSSR count). The minimum absolute atomic E-state index is 0.394. The van der Waals surface area contributed by atoms with Crippen LogP contribution in [0.25, 0.3) is 22.0 Å². The predicted molar refractivity (Wildman–Crippen MR) is 108 cm³/mol. The minimum Gasteiger partial charge on any atom is -0.493 e. The fraction of sp³-hybridized carbons (Fsp3) is 0.300. The standard InChI is InChI=1S/C20H22BN3O4/c22-18-11-23-24-19-9-14(1-3-16(18)19)17-10-15(21(25)26)2-4-20(17)28-8-6-13-5-7-27-12-13/h1-4,9-11,13,25-26H,5-8,12H2,(H2,22,24). The van der Waals surface area contributed by atoms with Crippen molar-refractivity contribution in [1.29, 1.82) is 0 Å². The number of ether oxygens (including phenoxy) is 2. The number of aromatic nitrogens is 2. The van der Waals surface area contributed by atoms with Crippen LogP contribution in [0.4, 0.5) is 5.69 Å². The monoisotopic (exact) mass is 379 g/mol. The van der Waals surface area contributed by atoms with Gasteiger partial charge in [-0.25, -0.2) is 0 Å². The van der Waals surface area contributed by atoms with E-state index in [0.717, 1.165) is 42.6 Å². The van der Waals surface area contributed by atoms with Gasteiger partial charge in [0.2, 0.25) is 0 Å². The molecule has 1 aromatic heterocycles. The van der Waals surface area contributed by atoms with E-state index in [-0.39, 0.29) is 0 Å². The molecule has 0 aliphatic carbocycles. The Kier molecular flexibility index (Phi) is 5.43. The zero-order chi connectivity index (χ0) is 19.5. The minimum atomic E-state index is -1.56. The molecule has 8 heteroatoms. The molecule has 7 nitrogen and oxygen atoms in total. The number of hydrogen-bond acceptors (Lipinski definition) is 7. The Bertz CT molecular complexity index is 977. The molecule has 2 heterocycles. The van der Waals surface area contributed by atoms with Crippen LogP contribution in [0.1, 0.15) is 12.8 Å². The zero-order valence-corrected chi connectivity index (χ0v) is 15.4. The van der Waals surface area contributed by atoms with Crippen LogP contribution >= 0.6 is 0 Å². The van der Waals surface area contributed by atoms with Gasteiger partial charge < -0.3 is 25.3 Å². The van der Waals surface area contributed by atoms with Gasteiger partial charge in [-0.2, -0.15) is 10.2 Å². The average molecular weight is 379 g/mol. The normalized spacial score (nSPS) is 16.4. The van der Waals surface area contributed by atoms with E-state index < -0.39 is 7.12 Å². The van der Waals surface area contributed by atoms with Crippen LogP contribution in [0.15, 0.2) is 42.6 Å². The summed E-state index contributed by atoms with van der Waals surface area (Å²) in [6.07, 6.45) is 3.51. The third-order valence-corrected chi connectivity index (χ3v) is 5.09. The van der Waals surface area contributed by atoms with Gasteiger partial charge in [-0.1, -0.05) is 18.2 Å². The van der Waals surface area contributed by atoms with Crippen LogP contribution in [-0.4, -0.2) is 47.2 Å². The average Bonchev–Trinajstić information content (AvgIpc) is 3.21. The van der Waals surface area contributed by atoms with Crippen molar-refractivity contribution in [2.45, 2.75) is 12.8 Å². The number of anilines is 1. The number of fused-ring (bicyclic) bond motifs is 1. The van der Waals surface area contributed by atoms with Crippen LogP contribution in [-0.2, 0) is 4.74 Å². The first kappa shape index (κ1) is 18.7. The van der Waals surface area contributed by atoms with E-state index >= 15 is 0 Å². The van der Waals surface area contributed by atoms with Gasteiger partial charge in [-0.15, -0.1) is 0 Å². The molecule has 1 aliphatic rings. The van der Waals surface area contributed by atoms with Crippen molar-refractivity contribution in [3.05, 3.63) is 42.6 Å². The molecule has 0 radical (unpaired) electrons. The lowest BCUT2D eigenvalue weighted by Gasteiger charge is -2.15. The smallest absolute Gasteiger partial charge is 0.488 e. The summed E-state index contributed by atoms with van der Waals surface area (Å²) >= 11 is 0. The molecule has 2 aromatic carbocycles. The molecule has 1 aliphatic heterocycles. The number of rotatable bonds is 6. The van der Waals surface area contributed by atoms with Crippen molar-refractivity contribution >= 4 is 29.2 Å². The van der Waals surface area contributed by atoms with E-state index in [2.05, 4.69) is 10.2 Å². The fourth-order valence-electron chi connectivity index (χ4n) is 3.46. The Morgan fingerprint density at radius 1 is 1.21 bits per heavy atom. The summed E-state index contributed by atoms with van der Waals surface area (Å²) in [7, 11) is -1.56. The van der Waals surface area contributed by atoms with E-state index in [1.165, 1.54) is 6.20 Å². The van der Waals surface area contributed by atoms with Gasteiger partial charge in [0.05, 0.1) is 24.0 Å². The quantitative estimate of drug-likeness (QED) is 0.555. The third-order valence-electron chi connectivity index (χ3n) is 5.09. The van der Waals surface area contributed by atoms with Crippen molar-refractivity contribution in [2.24, 2.45) is 5.92 Å². The molecule has 0 spiro atoms. The molecule has 144 valence electrons. The lowest BCUT2D eigenvalue weighted by Crippen LogP contribution is -2.29. The maximum Gasteiger partial charge on any atom is 0.488 e. The highest BCUT2D eigenvalue weighted by Gasteiger charge is 2.18. The first-order valence-corrected chi connectivity index (χ1v) is 9.34. The van der Waals surface area contributed by atoms with E-state index in [4.69, 9.17) is 15.2 Å². The molecule has 3 aromatic rings. The molecule has 1 atom stereocenters. The van der Waals surface area contributed by atoms with Crippen molar-refractivity contribution in [3.63, 3.8) is 0 Å². The third kappa shape index (κ3) is 3.94. The lowest BCUT2D eigenvalue weighted by atomic mass is 9.79. The van der Waals surface area contributed by atoms with Crippen LogP contribution in [0.2, 0.25) is 0 Å². The molecule has 0 amide bonds. The first-order valence-electron chi connectivity index (χ1n) is 9.34. The van der Waals surface area contributed by atoms with E-state index in [1.807, 2.05) is 18.2 Å². The van der Waals surface area contributed by atoms with Gasteiger partial charge in [-0.3, -0.25) is 0 Å². The van der Waals surface area contributed by atoms with Crippen molar-refractivity contribution < 1.29 is 19.5 Å². The Labute approximate surface area is 163 Å². The largest absolute Gasteiger partial charge is 0.493 e. The molecule has 1 unspecified atom stereocenters. The molecular weight excluding hydrogens is 357 g/mol. The van der Waals surface area contributed by atoms with Gasteiger partial charge in [-0.05, 0) is 48.0 Å². The summed E-state index contributed by atoms with van der Waals surface area (Å²) in [6.45, 7) is 2.18. The molecule has 0 bridgehead atoms. The molecule has 28 heavy (non-hydrogen) atoms. The molecule has 1 saturated heterocycles. The zero-order valence-electron chi connectivity index (χ0n) is 15.4. The topological polar surface area (TPSA) is 111 Å². The van der Waals surface area contributed by atoms with Gasteiger partial charge in [0.25, 0.3) is 0 Å². The van der Waals surface area contributed by atoms with Crippen molar-refractivity contribution in [3.8, 4) is 16.9 Å². The van der Waals surface area contributed by atoms with Crippen molar-refractivity contribution in [2.75, 3.05) is 25.6 Å². The maximum atomic E-state index is 9.58. The molecule has 4 N–H and O–H groups in total. The Hall–Kier alpha value is -2.68. The highest BCUT2D eigenvalue weighted by molar-refractivity contribution is 6.58.